The van der Waals surface area contributed by atoms with Crippen LogP contribution in [0.5, 0.6) is 11.5 Å². The number of nitrogens with one attached hydrogen (secondary N) is 1. The highest BCUT2D eigenvalue weighted by atomic mass is 16.6. The number of amides is 1. The van der Waals surface area contributed by atoms with Crippen LogP contribution in [0.1, 0.15) is 11.1 Å². The Labute approximate surface area is 118 Å². The standard InChI is InChI=1S/C16H17NO3/c1-12-8-13(10-15(9-12)20-16(18)17-2)11-19-14-6-4-3-5-7-14/h3-10H,11H2,1-2H3,(H,17,18). The highest BCUT2D eigenvalue weighted by Gasteiger charge is 2.05. The monoisotopic (exact) mass is 271 g/mol. The summed E-state index contributed by atoms with van der Waals surface area (Å²) in [6.45, 7) is 2.37. The third-order valence-electron chi connectivity index (χ3n) is 2.67. The second-order valence-electron chi connectivity index (χ2n) is 4.40. The van der Waals surface area contributed by atoms with E-state index >= 15 is 0 Å². The summed E-state index contributed by atoms with van der Waals surface area (Å²) >= 11 is 0. The minimum absolute atomic E-state index is 0.426. The number of hydrogen-bond acceptors (Lipinski definition) is 3. The van der Waals surface area contributed by atoms with Gasteiger partial charge in [-0.1, -0.05) is 24.3 Å². The largest absolute Gasteiger partial charge is 0.489 e. The number of ether oxygens (including phenoxy) is 2. The average molecular weight is 271 g/mol. The van der Waals surface area contributed by atoms with Gasteiger partial charge in [0.25, 0.3) is 0 Å². The lowest BCUT2D eigenvalue weighted by atomic mass is 10.1. The van der Waals surface area contributed by atoms with Crippen molar-refractivity contribution in [2.24, 2.45) is 0 Å². The van der Waals surface area contributed by atoms with Gasteiger partial charge in [0.05, 0.1) is 0 Å². The van der Waals surface area contributed by atoms with E-state index in [1.54, 1.807) is 12.1 Å². The molecule has 4 nitrogen and oxygen atoms in total. The molecule has 0 bridgehead atoms. The van der Waals surface area contributed by atoms with Crippen molar-refractivity contribution >= 4 is 6.09 Å². The molecule has 1 N–H and O–H groups in total. The first-order valence-electron chi connectivity index (χ1n) is 6.35. The molecule has 20 heavy (non-hydrogen) atoms. The van der Waals surface area contributed by atoms with Gasteiger partial charge in [0.2, 0.25) is 0 Å². The number of rotatable bonds is 4. The van der Waals surface area contributed by atoms with Gasteiger partial charge >= 0.3 is 6.09 Å². The van der Waals surface area contributed by atoms with Gasteiger partial charge in [-0.15, -0.1) is 0 Å². The van der Waals surface area contributed by atoms with E-state index in [9.17, 15) is 4.79 Å². The van der Waals surface area contributed by atoms with Gasteiger partial charge in [0.15, 0.2) is 0 Å². The summed E-state index contributed by atoms with van der Waals surface area (Å²) < 4.78 is 10.8. The first-order chi connectivity index (χ1) is 9.67. The second kappa shape index (κ2) is 6.61. The number of aryl methyl sites for hydroxylation is 1. The van der Waals surface area contributed by atoms with Crippen LogP contribution in [-0.2, 0) is 6.61 Å². The Balaban J connectivity index is 2.06. The third kappa shape index (κ3) is 4.02. The summed E-state index contributed by atoms with van der Waals surface area (Å²) in [5.41, 5.74) is 1.96. The molecule has 0 radical (unpaired) electrons. The van der Waals surface area contributed by atoms with E-state index in [4.69, 9.17) is 9.47 Å². The van der Waals surface area contributed by atoms with E-state index in [-0.39, 0.29) is 0 Å². The molecule has 0 saturated carbocycles. The summed E-state index contributed by atoms with van der Waals surface area (Å²) in [5.74, 6) is 1.32. The summed E-state index contributed by atoms with van der Waals surface area (Å²) in [6.07, 6.45) is -0.481. The minimum Gasteiger partial charge on any atom is -0.489 e. The van der Waals surface area contributed by atoms with Crippen LogP contribution in [0.15, 0.2) is 48.5 Å². The second-order valence-corrected chi connectivity index (χ2v) is 4.40. The van der Waals surface area contributed by atoms with E-state index in [1.165, 1.54) is 7.05 Å². The predicted molar refractivity (Wildman–Crippen MR) is 77.0 cm³/mol. The molecule has 0 spiro atoms. The van der Waals surface area contributed by atoms with Gasteiger partial charge in [-0.05, 0) is 42.3 Å². The maximum Gasteiger partial charge on any atom is 0.412 e. The molecule has 2 aromatic rings. The maximum absolute atomic E-state index is 11.2. The Morgan fingerprint density at radius 3 is 2.55 bits per heavy atom. The molecule has 4 heteroatoms. The van der Waals surface area contributed by atoms with Gasteiger partial charge in [-0.25, -0.2) is 4.79 Å². The molecule has 2 aromatic carbocycles. The van der Waals surface area contributed by atoms with Crippen LogP contribution in [0.25, 0.3) is 0 Å². The fourth-order valence-corrected chi connectivity index (χ4v) is 1.81. The highest BCUT2D eigenvalue weighted by molar-refractivity contribution is 5.70. The minimum atomic E-state index is -0.481. The van der Waals surface area contributed by atoms with Crippen molar-refractivity contribution in [3.05, 3.63) is 59.7 Å². The summed E-state index contributed by atoms with van der Waals surface area (Å²) in [4.78, 5) is 11.2. The normalized spacial score (nSPS) is 9.90. The quantitative estimate of drug-likeness (QED) is 0.928. The number of carbonyl (C=O) groups excluding carboxylic acids is 1. The topological polar surface area (TPSA) is 47.6 Å². The Kier molecular flexibility index (Phi) is 4.60. The van der Waals surface area contributed by atoms with Crippen molar-refractivity contribution < 1.29 is 14.3 Å². The smallest absolute Gasteiger partial charge is 0.412 e. The van der Waals surface area contributed by atoms with Crippen LogP contribution in [0.2, 0.25) is 0 Å². The molecule has 0 fully saturated rings. The van der Waals surface area contributed by atoms with E-state index in [2.05, 4.69) is 5.32 Å². The van der Waals surface area contributed by atoms with Crippen molar-refractivity contribution in [1.29, 1.82) is 0 Å². The van der Waals surface area contributed by atoms with Gasteiger partial charge < -0.3 is 14.8 Å². The van der Waals surface area contributed by atoms with E-state index < -0.39 is 6.09 Å². The molecule has 0 heterocycles. The van der Waals surface area contributed by atoms with Crippen molar-refractivity contribution in [2.45, 2.75) is 13.5 Å². The summed E-state index contributed by atoms with van der Waals surface area (Å²) in [7, 11) is 1.53. The average Bonchev–Trinajstić information content (AvgIpc) is 2.45. The van der Waals surface area contributed by atoms with Crippen molar-refractivity contribution in [3.8, 4) is 11.5 Å². The lowest BCUT2D eigenvalue weighted by Crippen LogP contribution is -2.22. The van der Waals surface area contributed by atoms with E-state index in [0.29, 0.717) is 12.4 Å². The molecular weight excluding hydrogens is 254 g/mol. The van der Waals surface area contributed by atoms with Crippen LogP contribution in [0.3, 0.4) is 0 Å². The Bertz CT molecular complexity index is 582. The maximum atomic E-state index is 11.2. The molecule has 0 unspecified atom stereocenters. The van der Waals surface area contributed by atoms with Crippen LogP contribution >= 0.6 is 0 Å². The van der Waals surface area contributed by atoms with Crippen molar-refractivity contribution in [1.82, 2.24) is 5.32 Å². The van der Waals surface area contributed by atoms with Gasteiger partial charge in [-0.2, -0.15) is 0 Å². The molecule has 104 valence electrons. The molecule has 0 atom stereocenters. The molecule has 0 aliphatic carbocycles. The fraction of sp³-hybridized carbons (Fsp3) is 0.188. The number of para-hydroxylation sites is 1. The van der Waals surface area contributed by atoms with Crippen LogP contribution < -0.4 is 14.8 Å². The Hall–Kier alpha value is -2.49. The zero-order valence-electron chi connectivity index (χ0n) is 11.6. The third-order valence-corrected chi connectivity index (χ3v) is 2.67. The molecule has 2 rings (SSSR count). The Morgan fingerprint density at radius 2 is 1.85 bits per heavy atom. The van der Waals surface area contributed by atoms with Crippen LogP contribution in [0, 0.1) is 6.92 Å². The van der Waals surface area contributed by atoms with Crippen molar-refractivity contribution in [3.63, 3.8) is 0 Å². The molecule has 0 aliphatic rings. The summed E-state index contributed by atoms with van der Waals surface area (Å²) in [6, 6.07) is 15.2. The lowest BCUT2D eigenvalue weighted by Gasteiger charge is -2.09. The fourth-order valence-electron chi connectivity index (χ4n) is 1.81. The molecule has 0 saturated heterocycles. The van der Waals surface area contributed by atoms with Crippen LogP contribution in [-0.4, -0.2) is 13.1 Å². The SMILES string of the molecule is CNC(=O)Oc1cc(C)cc(COc2ccccc2)c1. The first-order valence-corrected chi connectivity index (χ1v) is 6.35. The van der Waals surface area contributed by atoms with Crippen molar-refractivity contribution in [2.75, 3.05) is 7.05 Å². The lowest BCUT2D eigenvalue weighted by molar-refractivity contribution is 0.202. The highest BCUT2D eigenvalue weighted by Crippen LogP contribution is 2.19. The number of carbonyl (C=O) groups is 1. The molecule has 1 amide bonds. The van der Waals surface area contributed by atoms with Gasteiger partial charge in [-0.3, -0.25) is 0 Å². The van der Waals surface area contributed by atoms with Crippen LogP contribution in [0.4, 0.5) is 4.79 Å². The Morgan fingerprint density at radius 1 is 1.10 bits per heavy atom. The molecule has 0 aliphatic heterocycles. The zero-order chi connectivity index (χ0) is 14.4. The van der Waals surface area contributed by atoms with Gasteiger partial charge in [0.1, 0.15) is 18.1 Å². The first kappa shape index (κ1) is 13.9. The summed E-state index contributed by atoms with van der Waals surface area (Å²) in [5, 5.41) is 2.42. The molecular formula is C16H17NO3. The molecule has 0 aromatic heterocycles. The predicted octanol–water partition coefficient (Wildman–Crippen LogP) is 3.29. The number of hydrogen-bond donors (Lipinski definition) is 1. The zero-order valence-corrected chi connectivity index (χ0v) is 11.6. The number of benzene rings is 2. The van der Waals surface area contributed by atoms with Gasteiger partial charge in [0, 0.05) is 7.05 Å². The van der Waals surface area contributed by atoms with E-state index in [1.807, 2.05) is 43.3 Å². The van der Waals surface area contributed by atoms with E-state index in [0.717, 1.165) is 16.9 Å².